The van der Waals surface area contributed by atoms with E-state index in [1.54, 1.807) is 30.5 Å². The van der Waals surface area contributed by atoms with E-state index in [2.05, 4.69) is 31.1 Å². The van der Waals surface area contributed by atoms with Gasteiger partial charge < -0.3 is 10.4 Å². The van der Waals surface area contributed by atoms with Crippen LogP contribution in [0.1, 0.15) is 50.9 Å². The van der Waals surface area contributed by atoms with E-state index in [1.807, 2.05) is 6.92 Å². The quantitative estimate of drug-likeness (QED) is 0.794. The fourth-order valence-electron chi connectivity index (χ4n) is 1.87. The minimum Gasteiger partial charge on any atom is -0.393 e. The summed E-state index contributed by atoms with van der Waals surface area (Å²) in [4.78, 5) is 17.1. The Hall–Kier alpha value is -1.20. The Balaban J connectivity index is 2.46. The van der Waals surface area contributed by atoms with Crippen molar-refractivity contribution in [1.29, 1.82) is 0 Å². The van der Waals surface area contributed by atoms with Crippen molar-refractivity contribution in [2.24, 2.45) is 5.92 Å². The molecule has 0 aliphatic carbocycles. The molecule has 0 aliphatic heterocycles. The molecule has 0 saturated heterocycles. The van der Waals surface area contributed by atoms with Gasteiger partial charge in [-0.2, -0.15) is 0 Å². The molecule has 118 valence electrons. The van der Waals surface area contributed by atoms with Crippen molar-refractivity contribution in [1.82, 2.24) is 10.3 Å². The van der Waals surface area contributed by atoms with Gasteiger partial charge >= 0.3 is 0 Å². The highest BCUT2D eigenvalue weighted by Gasteiger charge is 2.17. The van der Waals surface area contributed by atoms with Gasteiger partial charge in [0.05, 0.1) is 11.1 Å². The summed E-state index contributed by atoms with van der Waals surface area (Å²) in [5, 5.41) is 13.2. The maximum Gasteiger partial charge on any atom is 0.244 e. The van der Waals surface area contributed by atoms with Crippen LogP contribution in [-0.2, 0) is 10.2 Å². The lowest BCUT2D eigenvalue weighted by atomic mass is 9.98. The zero-order valence-electron chi connectivity index (χ0n) is 13.5. The molecule has 0 radical (unpaired) electrons. The fourth-order valence-corrected chi connectivity index (χ4v) is 2.74. The smallest absolute Gasteiger partial charge is 0.244 e. The van der Waals surface area contributed by atoms with Gasteiger partial charge in [-0.1, -0.05) is 27.7 Å². The first-order valence-electron chi connectivity index (χ1n) is 7.28. The number of hydrogen-bond donors (Lipinski definition) is 2. The number of rotatable bonds is 6. The van der Waals surface area contributed by atoms with E-state index < -0.39 is 0 Å². The van der Waals surface area contributed by atoms with Crippen LogP contribution >= 0.6 is 11.3 Å². The van der Waals surface area contributed by atoms with Gasteiger partial charge in [0.15, 0.2) is 0 Å². The van der Waals surface area contributed by atoms with Crippen LogP contribution in [0.4, 0.5) is 0 Å². The summed E-state index contributed by atoms with van der Waals surface area (Å²) >= 11 is 1.60. The maximum atomic E-state index is 11.7. The zero-order valence-corrected chi connectivity index (χ0v) is 14.3. The van der Waals surface area contributed by atoms with E-state index >= 15 is 0 Å². The Morgan fingerprint density at radius 2 is 2.14 bits per heavy atom. The van der Waals surface area contributed by atoms with Crippen LogP contribution in [0.15, 0.2) is 12.3 Å². The van der Waals surface area contributed by atoms with Crippen molar-refractivity contribution < 1.29 is 9.90 Å². The molecule has 1 amide bonds. The molecule has 2 atom stereocenters. The van der Waals surface area contributed by atoms with E-state index in [4.69, 9.17) is 0 Å². The summed E-state index contributed by atoms with van der Waals surface area (Å²) in [5.41, 5.74) is 0.0371. The van der Waals surface area contributed by atoms with Crippen LogP contribution < -0.4 is 5.32 Å². The van der Waals surface area contributed by atoms with Crippen molar-refractivity contribution in [3.8, 4) is 0 Å². The number of nitrogens with zero attached hydrogens (tertiary/aromatic N) is 1. The molecule has 2 N–H and O–H groups in total. The molecule has 0 spiro atoms. The number of amides is 1. The van der Waals surface area contributed by atoms with Crippen molar-refractivity contribution in [3.05, 3.63) is 22.2 Å². The zero-order chi connectivity index (χ0) is 16.0. The number of carbonyl (C=O) groups excluding carboxylic acids is 1. The number of thiazole rings is 1. The molecule has 1 heterocycles. The molecule has 0 aromatic carbocycles. The minimum atomic E-state index is -0.333. The molecule has 0 saturated carbocycles. The number of aliphatic hydroxyl groups excluding tert-OH is 1. The third-order valence-electron chi connectivity index (χ3n) is 2.93. The Bertz CT molecular complexity index is 487. The van der Waals surface area contributed by atoms with Crippen LogP contribution in [0.2, 0.25) is 0 Å². The number of aliphatic hydroxyl groups is 1. The molecule has 4 nitrogen and oxygen atoms in total. The first kappa shape index (κ1) is 17.9. The lowest BCUT2D eigenvalue weighted by Crippen LogP contribution is -2.27. The largest absolute Gasteiger partial charge is 0.393 e. The lowest BCUT2D eigenvalue weighted by molar-refractivity contribution is -0.116. The number of nitrogens with one attached hydrogen (secondary N) is 1. The second-order valence-corrected chi connectivity index (χ2v) is 7.65. The highest BCUT2D eigenvalue weighted by atomic mass is 32.1. The average molecular weight is 310 g/mol. The predicted molar refractivity (Wildman–Crippen MR) is 88.3 cm³/mol. The maximum absolute atomic E-state index is 11.7. The van der Waals surface area contributed by atoms with Crippen molar-refractivity contribution in [3.63, 3.8) is 0 Å². The molecular formula is C16H26N2O2S. The third-order valence-corrected chi connectivity index (χ3v) is 4.32. The number of aromatic nitrogens is 1. The first-order valence-corrected chi connectivity index (χ1v) is 8.10. The van der Waals surface area contributed by atoms with Crippen molar-refractivity contribution in [2.75, 3.05) is 6.54 Å². The minimum absolute atomic E-state index is 0.0371. The molecule has 5 heteroatoms. The van der Waals surface area contributed by atoms with Gasteiger partial charge in [0.2, 0.25) is 5.91 Å². The van der Waals surface area contributed by atoms with Crippen molar-refractivity contribution >= 4 is 23.3 Å². The molecule has 2 unspecified atom stereocenters. The summed E-state index contributed by atoms with van der Waals surface area (Å²) < 4.78 is 0. The molecule has 1 aromatic heterocycles. The van der Waals surface area contributed by atoms with Crippen molar-refractivity contribution in [2.45, 2.75) is 52.6 Å². The Morgan fingerprint density at radius 1 is 1.48 bits per heavy atom. The van der Waals surface area contributed by atoms with E-state index in [1.165, 1.54) is 6.08 Å². The first-order chi connectivity index (χ1) is 9.68. The number of carbonyl (C=O) groups is 1. The third kappa shape index (κ3) is 6.87. The highest BCUT2D eigenvalue weighted by Crippen LogP contribution is 2.27. The summed E-state index contributed by atoms with van der Waals surface area (Å²) in [6, 6.07) is 0. The highest BCUT2D eigenvalue weighted by molar-refractivity contribution is 7.12. The predicted octanol–water partition coefficient (Wildman–Crippen LogP) is 2.98. The summed E-state index contributed by atoms with van der Waals surface area (Å²) in [5.74, 6) is 0.149. The van der Waals surface area contributed by atoms with Gasteiger partial charge in [-0.05, 0) is 25.3 Å². The summed E-state index contributed by atoms with van der Waals surface area (Å²) in [7, 11) is 0. The normalized spacial score (nSPS) is 15.1. The average Bonchev–Trinajstić information content (AvgIpc) is 2.81. The Morgan fingerprint density at radius 3 is 2.67 bits per heavy atom. The van der Waals surface area contributed by atoms with Gasteiger partial charge in [-0.15, -0.1) is 11.3 Å². The monoisotopic (exact) mass is 310 g/mol. The molecule has 0 aliphatic rings. The fraction of sp³-hybridized carbons (Fsp3) is 0.625. The van der Waals surface area contributed by atoms with E-state index in [9.17, 15) is 9.90 Å². The lowest BCUT2D eigenvalue weighted by Gasteiger charge is -2.13. The molecule has 0 bridgehead atoms. The van der Waals surface area contributed by atoms with Gasteiger partial charge in [0.1, 0.15) is 0 Å². The second kappa shape index (κ2) is 7.71. The standard InChI is InChI=1S/C16H26N2O2S/c1-11(8-12(2)19)9-17-14(20)7-6-13-10-18-15(21-13)16(3,4)5/h6-7,10-12,19H,8-9H2,1-5H3,(H,17,20). The Kier molecular flexibility index (Phi) is 6.55. The van der Waals surface area contributed by atoms with Crippen LogP contribution in [0.25, 0.3) is 6.08 Å². The molecule has 0 fully saturated rings. The summed E-state index contributed by atoms with van der Waals surface area (Å²) in [6.07, 6.45) is 5.48. The van der Waals surface area contributed by atoms with Crippen LogP contribution in [0.5, 0.6) is 0 Å². The van der Waals surface area contributed by atoms with E-state index in [0.717, 1.165) is 9.88 Å². The summed E-state index contributed by atoms with van der Waals surface area (Å²) in [6.45, 7) is 10.7. The Labute approximate surface area is 131 Å². The molecule has 21 heavy (non-hydrogen) atoms. The molecule has 1 aromatic rings. The van der Waals surface area contributed by atoms with Gasteiger partial charge in [-0.25, -0.2) is 4.98 Å². The molecule has 1 rings (SSSR count). The van der Waals surface area contributed by atoms with E-state index in [-0.39, 0.29) is 23.3 Å². The van der Waals surface area contributed by atoms with Gasteiger partial charge in [0, 0.05) is 29.1 Å². The van der Waals surface area contributed by atoms with Gasteiger partial charge in [0.25, 0.3) is 0 Å². The van der Waals surface area contributed by atoms with E-state index in [0.29, 0.717) is 13.0 Å². The van der Waals surface area contributed by atoms with Crippen LogP contribution in [-0.4, -0.2) is 28.6 Å². The number of hydrogen-bond acceptors (Lipinski definition) is 4. The van der Waals surface area contributed by atoms with Crippen LogP contribution in [0, 0.1) is 5.92 Å². The topological polar surface area (TPSA) is 62.2 Å². The van der Waals surface area contributed by atoms with Gasteiger partial charge in [-0.3, -0.25) is 4.79 Å². The SMILES string of the molecule is CC(O)CC(C)CNC(=O)C=Cc1cnc(C(C)(C)C)s1. The molecular weight excluding hydrogens is 284 g/mol. The second-order valence-electron chi connectivity index (χ2n) is 6.59. The van der Waals surface area contributed by atoms with Crippen LogP contribution in [0.3, 0.4) is 0 Å².